The van der Waals surface area contributed by atoms with E-state index >= 15 is 0 Å². The summed E-state index contributed by atoms with van der Waals surface area (Å²) in [5.74, 6) is 0. The van der Waals surface area contributed by atoms with E-state index in [1.54, 1.807) is 0 Å². The second kappa shape index (κ2) is 7.32. The van der Waals surface area contributed by atoms with Crippen molar-refractivity contribution in [3.8, 4) is 11.3 Å². The van der Waals surface area contributed by atoms with Crippen LogP contribution in [0.1, 0.15) is 11.3 Å². The SMILES string of the molecule is c1ccc(COCCc2c(-c3ccccc3)nc3ccccn23)cc1. The molecule has 0 N–H and O–H groups in total. The first kappa shape index (κ1) is 15.6. The van der Waals surface area contributed by atoms with E-state index in [4.69, 9.17) is 9.72 Å². The number of hydrogen-bond donors (Lipinski definition) is 0. The molecule has 2 aromatic heterocycles. The van der Waals surface area contributed by atoms with Crippen LogP contribution in [0.2, 0.25) is 0 Å². The minimum Gasteiger partial charge on any atom is -0.376 e. The van der Waals surface area contributed by atoms with Crippen LogP contribution in [0.5, 0.6) is 0 Å². The molecule has 0 amide bonds. The Balaban J connectivity index is 1.55. The van der Waals surface area contributed by atoms with Crippen LogP contribution in [-0.2, 0) is 17.8 Å². The van der Waals surface area contributed by atoms with E-state index in [1.165, 1.54) is 11.3 Å². The maximum atomic E-state index is 5.89. The van der Waals surface area contributed by atoms with E-state index in [2.05, 4.69) is 47.0 Å². The highest BCUT2D eigenvalue weighted by Gasteiger charge is 2.13. The molecule has 2 heterocycles. The second-order valence-electron chi connectivity index (χ2n) is 5.99. The third-order valence-corrected chi connectivity index (χ3v) is 4.27. The normalized spacial score (nSPS) is 11.0. The number of pyridine rings is 1. The van der Waals surface area contributed by atoms with Gasteiger partial charge in [0.15, 0.2) is 0 Å². The molecular weight excluding hydrogens is 308 g/mol. The molecule has 4 aromatic rings. The highest BCUT2D eigenvalue weighted by molar-refractivity contribution is 5.66. The summed E-state index contributed by atoms with van der Waals surface area (Å²) in [7, 11) is 0. The summed E-state index contributed by atoms with van der Waals surface area (Å²) in [6.07, 6.45) is 2.89. The highest BCUT2D eigenvalue weighted by Crippen LogP contribution is 2.24. The first-order valence-electron chi connectivity index (χ1n) is 8.55. The maximum absolute atomic E-state index is 5.89. The Kier molecular flexibility index (Phi) is 4.57. The lowest BCUT2D eigenvalue weighted by molar-refractivity contribution is 0.123. The third kappa shape index (κ3) is 3.47. The van der Waals surface area contributed by atoms with E-state index < -0.39 is 0 Å². The van der Waals surface area contributed by atoms with Crippen molar-refractivity contribution in [3.05, 3.63) is 96.3 Å². The van der Waals surface area contributed by atoms with E-state index in [0.29, 0.717) is 13.2 Å². The highest BCUT2D eigenvalue weighted by atomic mass is 16.5. The third-order valence-electron chi connectivity index (χ3n) is 4.27. The first-order valence-corrected chi connectivity index (χ1v) is 8.55. The van der Waals surface area contributed by atoms with Gasteiger partial charge in [0.1, 0.15) is 5.65 Å². The average Bonchev–Trinajstić information content (AvgIpc) is 3.05. The van der Waals surface area contributed by atoms with Crippen molar-refractivity contribution in [1.82, 2.24) is 9.38 Å². The molecule has 0 spiro atoms. The minimum absolute atomic E-state index is 0.637. The molecule has 25 heavy (non-hydrogen) atoms. The number of ether oxygens (including phenoxy) is 1. The van der Waals surface area contributed by atoms with Gasteiger partial charge < -0.3 is 9.14 Å². The van der Waals surface area contributed by atoms with Gasteiger partial charge in [-0.05, 0) is 17.7 Å². The van der Waals surface area contributed by atoms with Crippen LogP contribution in [0.4, 0.5) is 0 Å². The molecule has 0 fully saturated rings. The van der Waals surface area contributed by atoms with E-state index in [0.717, 1.165) is 23.3 Å². The number of imidazole rings is 1. The summed E-state index contributed by atoms with van der Waals surface area (Å²) in [6, 6.07) is 26.7. The summed E-state index contributed by atoms with van der Waals surface area (Å²) in [5, 5.41) is 0. The smallest absolute Gasteiger partial charge is 0.137 e. The van der Waals surface area contributed by atoms with Gasteiger partial charge in [-0.1, -0.05) is 66.7 Å². The van der Waals surface area contributed by atoms with Gasteiger partial charge >= 0.3 is 0 Å². The van der Waals surface area contributed by atoms with Gasteiger partial charge in [0.25, 0.3) is 0 Å². The Morgan fingerprint density at radius 3 is 2.32 bits per heavy atom. The van der Waals surface area contributed by atoms with E-state index in [-0.39, 0.29) is 0 Å². The quantitative estimate of drug-likeness (QED) is 0.477. The molecule has 124 valence electrons. The fourth-order valence-electron chi connectivity index (χ4n) is 3.05. The summed E-state index contributed by atoms with van der Waals surface area (Å²) in [5.41, 5.74) is 5.54. The standard InChI is InChI=1S/C22H20N2O/c1-3-9-18(10-4-1)17-25-16-14-20-22(19-11-5-2-6-12-19)23-21-13-7-8-15-24(20)21/h1-13,15H,14,16-17H2. The van der Waals surface area contributed by atoms with Crippen LogP contribution < -0.4 is 0 Å². The van der Waals surface area contributed by atoms with Crippen molar-refractivity contribution in [2.45, 2.75) is 13.0 Å². The second-order valence-corrected chi connectivity index (χ2v) is 5.99. The van der Waals surface area contributed by atoms with Crippen molar-refractivity contribution >= 4 is 5.65 Å². The molecule has 0 bridgehead atoms. The van der Waals surface area contributed by atoms with Crippen molar-refractivity contribution in [1.29, 1.82) is 0 Å². The Labute approximate surface area is 147 Å². The lowest BCUT2D eigenvalue weighted by atomic mass is 10.1. The molecule has 0 atom stereocenters. The molecule has 0 aliphatic rings. The lowest BCUT2D eigenvalue weighted by Crippen LogP contribution is -2.03. The molecule has 0 aliphatic heterocycles. The molecule has 0 saturated heterocycles. The van der Waals surface area contributed by atoms with Crippen LogP contribution >= 0.6 is 0 Å². The summed E-state index contributed by atoms with van der Waals surface area (Å²) >= 11 is 0. The van der Waals surface area contributed by atoms with Gasteiger partial charge in [0, 0.05) is 18.2 Å². The molecule has 3 nitrogen and oxygen atoms in total. The largest absolute Gasteiger partial charge is 0.376 e. The van der Waals surface area contributed by atoms with Crippen LogP contribution in [0.3, 0.4) is 0 Å². The Morgan fingerprint density at radius 2 is 1.52 bits per heavy atom. The van der Waals surface area contributed by atoms with Crippen LogP contribution in [0, 0.1) is 0 Å². The number of fused-ring (bicyclic) bond motifs is 1. The van der Waals surface area contributed by atoms with Gasteiger partial charge in [-0.25, -0.2) is 4.98 Å². The van der Waals surface area contributed by atoms with Gasteiger partial charge in [-0.15, -0.1) is 0 Å². The molecule has 0 unspecified atom stereocenters. The predicted octanol–water partition coefficient (Wildman–Crippen LogP) is 4.76. The number of aromatic nitrogens is 2. The van der Waals surface area contributed by atoms with Crippen LogP contribution in [0.15, 0.2) is 85.1 Å². The molecule has 0 radical (unpaired) electrons. The Bertz CT molecular complexity index is 946. The molecule has 0 aliphatic carbocycles. The topological polar surface area (TPSA) is 26.5 Å². The van der Waals surface area contributed by atoms with Gasteiger partial charge in [0.2, 0.25) is 0 Å². The zero-order valence-electron chi connectivity index (χ0n) is 14.0. The summed E-state index contributed by atoms with van der Waals surface area (Å²) < 4.78 is 8.05. The van der Waals surface area contributed by atoms with Crippen molar-refractivity contribution in [3.63, 3.8) is 0 Å². The molecule has 0 saturated carbocycles. The molecule has 4 rings (SSSR count). The number of nitrogens with zero attached hydrogens (tertiary/aromatic N) is 2. The Morgan fingerprint density at radius 1 is 0.800 bits per heavy atom. The predicted molar refractivity (Wildman–Crippen MR) is 100 cm³/mol. The fourth-order valence-corrected chi connectivity index (χ4v) is 3.05. The van der Waals surface area contributed by atoms with Crippen LogP contribution in [-0.4, -0.2) is 16.0 Å². The number of benzene rings is 2. The monoisotopic (exact) mass is 328 g/mol. The van der Waals surface area contributed by atoms with Crippen molar-refractivity contribution in [2.24, 2.45) is 0 Å². The number of rotatable bonds is 6. The molecule has 3 heteroatoms. The van der Waals surface area contributed by atoms with Gasteiger partial charge in [-0.3, -0.25) is 0 Å². The fraction of sp³-hybridized carbons (Fsp3) is 0.136. The van der Waals surface area contributed by atoms with E-state index in [1.807, 2.05) is 42.5 Å². The van der Waals surface area contributed by atoms with Crippen molar-refractivity contribution < 1.29 is 4.74 Å². The first-order chi connectivity index (χ1) is 12.4. The maximum Gasteiger partial charge on any atom is 0.137 e. The number of hydrogen-bond acceptors (Lipinski definition) is 2. The van der Waals surface area contributed by atoms with Crippen molar-refractivity contribution in [2.75, 3.05) is 6.61 Å². The summed E-state index contributed by atoms with van der Waals surface area (Å²) in [4.78, 5) is 4.83. The van der Waals surface area contributed by atoms with Crippen LogP contribution in [0.25, 0.3) is 16.9 Å². The molecule has 2 aromatic carbocycles. The zero-order chi connectivity index (χ0) is 16.9. The lowest BCUT2D eigenvalue weighted by Gasteiger charge is -2.07. The van der Waals surface area contributed by atoms with Gasteiger partial charge in [-0.2, -0.15) is 0 Å². The minimum atomic E-state index is 0.637. The Hall–Kier alpha value is -2.91. The summed E-state index contributed by atoms with van der Waals surface area (Å²) in [6.45, 7) is 1.30. The van der Waals surface area contributed by atoms with E-state index in [9.17, 15) is 0 Å². The average molecular weight is 328 g/mol. The molecular formula is C22H20N2O. The zero-order valence-corrected chi connectivity index (χ0v) is 14.0. The van der Waals surface area contributed by atoms with Gasteiger partial charge in [0.05, 0.1) is 24.6 Å².